The van der Waals surface area contributed by atoms with E-state index in [1.165, 1.54) is 0 Å². The molecule has 1 amide bonds. The van der Waals surface area contributed by atoms with Gasteiger partial charge >= 0.3 is 0 Å². The van der Waals surface area contributed by atoms with Gasteiger partial charge in [0.15, 0.2) is 0 Å². The summed E-state index contributed by atoms with van der Waals surface area (Å²) in [5.74, 6) is 0.158. The summed E-state index contributed by atoms with van der Waals surface area (Å²) in [4.78, 5) is 15.7. The number of aryl methyl sites for hydroxylation is 1. The van der Waals surface area contributed by atoms with Crippen LogP contribution in [-0.2, 0) is 11.3 Å². The fraction of sp³-hybridized carbons (Fsp3) is 0.636. The fourth-order valence-corrected chi connectivity index (χ4v) is 2.59. The zero-order valence-electron chi connectivity index (χ0n) is 9.45. The molecule has 0 aliphatic carbocycles. The molecular formula is C11H17N3OS. The lowest BCUT2D eigenvalue weighted by atomic mass is 10.1. The van der Waals surface area contributed by atoms with E-state index in [9.17, 15) is 4.79 Å². The van der Waals surface area contributed by atoms with Crippen molar-refractivity contribution in [1.29, 1.82) is 0 Å². The average molecular weight is 239 g/mol. The Hall–Kier alpha value is -0.940. The minimum Gasteiger partial charge on any atom is -0.356 e. The van der Waals surface area contributed by atoms with Crippen molar-refractivity contribution in [2.75, 3.05) is 6.54 Å². The van der Waals surface area contributed by atoms with Crippen LogP contribution in [0.25, 0.3) is 0 Å². The Bertz CT molecular complexity index is 364. The third kappa shape index (κ3) is 3.28. The van der Waals surface area contributed by atoms with E-state index in [4.69, 9.17) is 0 Å². The van der Waals surface area contributed by atoms with Crippen LogP contribution < -0.4 is 10.6 Å². The smallest absolute Gasteiger partial charge is 0.221 e. The predicted molar refractivity (Wildman–Crippen MR) is 64.3 cm³/mol. The van der Waals surface area contributed by atoms with E-state index in [0.29, 0.717) is 12.5 Å². The lowest BCUT2D eigenvalue weighted by Crippen LogP contribution is -2.32. The molecule has 1 aliphatic rings. The number of thiazole rings is 1. The molecule has 2 N–H and O–H groups in total. The Morgan fingerprint density at radius 1 is 1.69 bits per heavy atom. The van der Waals surface area contributed by atoms with Gasteiger partial charge in [-0.2, -0.15) is 0 Å². The van der Waals surface area contributed by atoms with Gasteiger partial charge in [-0.1, -0.05) is 0 Å². The van der Waals surface area contributed by atoms with E-state index in [1.807, 2.05) is 6.92 Å². The number of nitrogens with zero attached hydrogens (tertiary/aromatic N) is 1. The highest BCUT2D eigenvalue weighted by Gasteiger charge is 2.16. The van der Waals surface area contributed by atoms with Gasteiger partial charge in [-0.3, -0.25) is 4.79 Å². The molecule has 1 saturated heterocycles. The Kier molecular flexibility index (Phi) is 3.90. The summed E-state index contributed by atoms with van der Waals surface area (Å²) in [5, 5.41) is 9.45. The molecule has 1 atom stereocenters. The number of aromatic nitrogens is 1. The molecular weight excluding hydrogens is 222 g/mol. The first-order chi connectivity index (χ1) is 7.74. The number of carbonyl (C=O) groups is 1. The zero-order chi connectivity index (χ0) is 11.4. The SMILES string of the molecule is Cc1csc(CNC2CCCNC(=O)C2)n1. The highest BCUT2D eigenvalue weighted by atomic mass is 32.1. The van der Waals surface area contributed by atoms with Crippen LogP contribution in [0.3, 0.4) is 0 Å². The quantitative estimate of drug-likeness (QED) is 0.833. The summed E-state index contributed by atoms with van der Waals surface area (Å²) >= 11 is 1.67. The van der Waals surface area contributed by atoms with Crippen molar-refractivity contribution in [3.05, 3.63) is 16.1 Å². The van der Waals surface area contributed by atoms with E-state index in [-0.39, 0.29) is 5.91 Å². The largest absolute Gasteiger partial charge is 0.356 e. The maximum atomic E-state index is 11.3. The summed E-state index contributed by atoms with van der Waals surface area (Å²) in [6.07, 6.45) is 2.70. The molecule has 4 nitrogen and oxygen atoms in total. The van der Waals surface area contributed by atoms with Gasteiger partial charge in [0.05, 0.1) is 0 Å². The van der Waals surface area contributed by atoms with E-state index in [0.717, 1.165) is 36.6 Å². The topological polar surface area (TPSA) is 54.0 Å². The van der Waals surface area contributed by atoms with Gasteiger partial charge in [-0.15, -0.1) is 11.3 Å². The van der Waals surface area contributed by atoms with Crippen LogP contribution in [0.1, 0.15) is 30.0 Å². The van der Waals surface area contributed by atoms with Crippen LogP contribution >= 0.6 is 11.3 Å². The van der Waals surface area contributed by atoms with E-state index < -0.39 is 0 Å². The van der Waals surface area contributed by atoms with Crippen LogP contribution in [0.5, 0.6) is 0 Å². The molecule has 16 heavy (non-hydrogen) atoms. The first-order valence-corrected chi connectivity index (χ1v) is 6.53. The van der Waals surface area contributed by atoms with Gasteiger partial charge in [0.2, 0.25) is 5.91 Å². The van der Waals surface area contributed by atoms with E-state index in [2.05, 4.69) is 21.0 Å². The highest BCUT2D eigenvalue weighted by molar-refractivity contribution is 7.09. The molecule has 2 rings (SSSR count). The van der Waals surface area contributed by atoms with Crippen molar-refractivity contribution in [3.63, 3.8) is 0 Å². The van der Waals surface area contributed by atoms with Crippen LogP contribution in [0.2, 0.25) is 0 Å². The Morgan fingerprint density at radius 2 is 2.56 bits per heavy atom. The lowest BCUT2D eigenvalue weighted by Gasteiger charge is -2.13. The predicted octanol–water partition coefficient (Wildman–Crippen LogP) is 1.21. The standard InChI is InChI=1S/C11H17N3OS/c1-8-7-16-11(14-8)6-13-9-3-2-4-12-10(15)5-9/h7,9,13H,2-6H2,1H3,(H,12,15). The molecule has 1 aromatic rings. The van der Waals surface area contributed by atoms with Crippen molar-refractivity contribution in [2.24, 2.45) is 0 Å². The van der Waals surface area contributed by atoms with Gasteiger partial charge in [0.25, 0.3) is 0 Å². The average Bonchev–Trinajstić information content (AvgIpc) is 2.55. The third-order valence-electron chi connectivity index (χ3n) is 2.69. The van der Waals surface area contributed by atoms with Gasteiger partial charge in [-0.05, 0) is 19.8 Å². The second-order valence-electron chi connectivity index (χ2n) is 4.16. The first-order valence-electron chi connectivity index (χ1n) is 5.65. The molecule has 88 valence electrons. The van der Waals surface area contributed by atoms with Crippen molar-refractivity contribution >= 4 is 17.2 Å². The number of hydrogen-bond donors (Lipinski definition) is 2. The van der Waals surface area contributed by atoms with Crippen molar-refractivity contribution in [2.45, 2.75) is 38.8 Å². The molecule has 0 saturated carbocycles. The minimum atomic E-state index is 0.158. The van der Waals surface area contributed by atoms with Gasteiger partial charge in [-0.25, -0.2) is 4.98 Å². The summed E-state index contributed by atoms with van der Waals surface area (Å²) in [6, 6.07) is 0.298. The second kappa shape index (κ2) is 5.41. The Labute approximate surface area is 99.5 Å². The van der Waals surface area contributed by atoms with Crippen LogP contribution in [-0.4, -0.2) is 23.5 Å². The number of rotatable bonds is 3. The molecule has 1 aromatic heterocycles. The van der Waals surface area contributed by atoms with Crippen LogP contribution in [0.15, 0.2) is 5.38 Å². The summed E-state index contributed by atoms with van der Waals surface area (Å²) in [5.41, 5.74) is 1.07. The lowest BCUT2D eigenvalue weighted by molar-refractivity contribution is -0.121. The van der Waals surface area contributed by atoms with Crippen molar-refractivity contribution in [1.82, 2.24) is 15.6 Å². The summed E-state index contributed by atoms with van der Waals surface area (Å²) < 4.78 is 0. The third-order valence-corrected chi connectivity index (χ3v) is 3.66. The molecule has 0 bridgehead atoms. The maximum absolute atomic E-state index is 11.3. The van der Waals surface area contributed by atoms with Gasteiger partial charge in [0.1, 0.15) is 5.01 Å². The first kappa shape index (κ1) is 11.5. The molecule has 0 aromatic carbocycles. The van der Waals surface area contributed by atoms with Gasteiger partial charge < -0.3 is 10.6 Å². The molecule has 1 aliphatic heterocycles. The normalized spacial score (nSPS) is 21.6. The Morgan fingerprint density at radius 3 is 3.31 bits per heavy atom. The van der Waals surface area contributed by atoms with Crippen LogP contribution in [0, 0.1) is 6.92 Å². The molecule has 2 heterocycles. The Balaban J connectivity index is 1.82. The maximum Gasteiger partial charge on any atom is 0.221 e. The number of hydrogen-bond acceptors (Lipinski definition) is 4. The monoisotopic (exact) mass is 239 g/mol. The van der Waals surface area contributed by atoms with E-state index >= 15 is 0 Å². The molecule has 0 spiro atoms. The highest BCUT2D eigenvalue weighted by Crippen LogP contribution is 2.11. The van der Waals surface area contributed by atoms with E-state index in [1.54, 1.807) is 11.3 Å². The van der Waals surface area contributed by atoms with Gasteiger partial charge in [0, 0.05) is 36.6 Å². The fourth-order valence-electron chi connectivity index (χ4n) is 1.86. The summed E-state index contributed by atoms with van der Waals surface area (Å²) in [7, 11) is 0. The number of amides is 1. The number of carbonyl (C=O) groups excluding carboxylic acids is 1. The van der Waals surface area contributed by atoms with Crippen molar-refractivity contribution < 1.29 is 4.79 Å². The summed E-state index contributed by atoms with van der Waals surface area (Å²) in [6.45, 7) is 3.59. The number of nitrogens with one attached hydrogen (secondary N) is 2. The van der Waals surface area contributed by atoms with Crippen LogP contribution in [0.4, 0.5) is 0 Å². The minimum absolute atomic E-state index is 0.158. The molecule has 5 heteroatoms. The molecule has 1 unspecified atom stereocenters. The molecule has 1 fully saturated rings. The van der Waals surface area contributed by atoms with Crippen molar-refractivity contribution in [3.8, 4) is 0 Å². The molecule has 0 radical (unpaired) electrons. The second-order valence-corrected chi connectivity index (χ2v) is 5.10. The zero-order valence-corrected chi connectivity index (χ0v) is 10.3.